The second kappa shape index (κ2) is 11.0. The third kappa shape index (κ3) is 6.07. The largest absolute Gasteiger partial charge is 0.496 e. The van der Waals surface area contributed by atoms with Gasteiger partial charge >= 0.3 is 12.2 Å². The van der Waals surface area contributed by atoms with Gasteiger partial charge in [-0.05, 0) is 54.4 Å². The number of anilines is 1. The molecule has 0 N–H and O–H groups in total. The molecule has 0 bridgehead atoms. The topological polar surface area (TPSA) is 51.2 Å². The predicted molar refractivity (Wildman–Crippen MR) is 129 cm³/mol. The molecular formula is C27H26F4N2O4. The van der Waals surface area contributed by atoms with E-state index in [1.54, 1.807) is 28.0 Å². The van der Waals surface area contributed by atoms with E-state index in [9.17, 15) is 22.4 Å². The van der Waals surface area contributed by atoms with E-state index in [2.05, 4.69) is 0 Å². The summed E-state index contributed by atoms with van der Waals surface area (Å²) in [6, 6.07) is 13.8. The summed E-state index contributed by atoms with van der Waals surface area (Å²) in [4.78, 5) is 16.5. The summed E-state index contributed by atoms with van der Waals surface area (Å²) < 4.78 is 69.4. The van der Waals surface area contributed by atoms with Crippen LogP contribution in [0.3, 0.4) is 0 Å². The molecule has 0 aliphatic carbocycles. The van der Waals surface area contributed by atoms with Crippen LogP contribution in [0.2, 0.25) is 0 Å². The lowest BCUT2D eigenvalue weighted by Gasteiger charge is -2.36. The van der Waals surface area contributed by atoms with Crippen molar-refractivity contribution in [3.05, 3.63) is 83.2 Å². The van der Waals surface area contributed by atoms with E-state index in [1.165, 1.54) is 44.6 Å². The number of carbonyl (C=O) groups is 1. The number of benzene rings is 3. The quantitative estimate of drug-likeness (QED) is 0.330. The minimum absolute atomic E-state index is 0.122. The van der Waals surface area contributed by atoms with Crippen LogP contribution in [0.15, 0.2) is 60.7 Å². The lowest BCUT2D eigenvalue weighted by molar-refractivity contribution is -0.137. The molecule has 0 saturated carbocycles. The lowest BCUT2D eigenvalue weighted by Crippen LogP contribution is -2.49. The Morgan fingerprint density at radius 3 is 2.38 bits per heavy atom. The van der Waals surface area contributed by atoms with Crippen LogP contribution >= 0.6 is 0 Å². The number of hydrogen-bond donors (Lipinski definition) is 0. The molecule has 0 aromatic heterocycles. The fraction of sp³-hybridized carbons (Fsp3) is 0.296. The zero-order valence-corrected chi connectivity index (χ0v) is 20.3. The Bertz CT molecular complexity index is 1270. The fourth-order valence-corrected chi connectivity index (χ4v) is 4.19. The van der Waals surface area contributed by atoms with Gasteiger partial charge in [-0.1, -0.05) is 12.1 Å². The van der Waals surface area contributed by atoms with E-state index in [4.69, 9.17) is 14.2 Å². The van der Waals surface area contributed by atoms with E-state index in [0.717, 1.165) is 12.1 Å². The van der Waals surface area contributed by atoms with Crippen LogP contribution in [0.1, 0.15) is 23.1 Å². The van der Waals surface area contributed by atoms with Crippen LogP contribution in [0, 0.1) is 5.82 Å². The first-order valence-corrected chi connectivity index (χ1v) is 11.6. The molecule has 3 aromatic carbocycles. The average Bonchev–Trinajstić information content (AvgIpc) is 2.88. The number of alkyl halides is 3. The molecule has 0 unspecified atom stereocenters. The molecule has 10 heteroatoms. The summed E-state index contributed by atoms with van der Waals surface area (Å²) in [6.07, 6.45) is -3.78. The van der Waals surface area contributed by atoms with E-state index >= 15 is 0 Å². The van der Waals surface area contributed by atoms with Crippen molar-refractivity contribution in [3.8, 4) is 17.2 Å². The van der Waals surface area contributed by atoms with Crippen molar-refractivity contribution >= 4 is 11.7 Å². The maximum Gasteiger partial charge on any atom is 0.416 e. The van der Waals surface area contributed by atoms with E-state index in [1.807, 2.05) is 0 Å². The molecule has 4 rings (SSSR count). The normalized spacial score (nSPS) is 14.1. The molecule has 1 aliphatic heterocycles. The Kier molecular flexibility index (Phi) is 7.75. The number of urea groups is 1. The van der Waals surface area contributed by atoms with Gasteiger partial charge in [0, 0.05) is 30.4 Å². The van der Waals surface area contributed by atoms with Crippen LogP contribution in [0.25, 0.3) is 0 Å². The molecule has 1 saturated heterocycles. The monoisotopic (exact) mass is 518 g/mol. The summed E-state index contributed by atoms with van der Waals surface area (Å²) >= 11 is 0. The summed E-state index contributed by atoms with van der Waals surface area (Å²) in [5.41, 5.74) is 0.674. The molecule has 0 atom stereocenters. The van der Waals surface area contributed by atoms with Crippen molar-refractivity contribution < 1.29 is 36.6 Å². The van der Waals surface area contributed by atoms with Crippen molar-refractivity contribution in [3.63, 3.8) is 0 Å². The first-order chi connectivity index (χ1) is 17.7. The minimum atomic E-state index is -4.45. The zero-order chi connectivity index (χ0) is 26.6. The number of amides is 2. The third-order valence-corrected chi connectivity index (χ3v) is 6.02. The smallest absolute Gasteiger partial charge is 0.416 e. The summed E-state index contributed by atoms with van der Waals surface area (Å²) in [5.74, 6) is 0.728. The minimum Gasteiger partial charge on any atom is -0.496 e. The number of hydrogen-bond acceptors (Lipinski definition) is 4. The Balaban J connectivity index is 1.53. The van der Waals surface area contributed by atoms with Crippen LogP contribution in [-0.4, -0.2) is 38.2 Å². The highest BCUT2D eigenvalue weighted by Gasteiger charge is 2.31. The third-order valence-electron chi connectivity index (χ3n) is 6.02. The number of rotatable bonds is 8. The molecule has 0 radical (unpaired) electrons. The Morgan fingerprint density at radius 1 is 0.892 bits per heavy atom. The van der Waals surface area contributed by atoms with E-state index < -0.39 is 17.6 Å². The Labute approximate surface area is 212 Å². The second-order valence-electron chi connectivity index (χ2n) is 8.49. The van der Waals surface area contributed by atoms with Crippen LogP contribution < -0.4 is 19.1 Å². The number of methoxy groups -OCH3 is 2. The van der Waals surface area contributed by atoms with Crippen LogP contribution in [-0.2, 0) is 19.3 Å². The van der Waals surface area contributed by atoms with Crippen molar-refractivity contribution in [1.82, 2.24) is 4.90 Å². The zero-order valence-electron chi connectivity index (χ0n) is 20.3. The lowest BCUT2D eigenvalue weighted by atomic mass is 10.1. The van der Waals surface area contributed by atoms with Gasteiger partial charge in [-0.25, -0.2) is 9.18 Å². The molecule has 1 heterocycles. The highest BCUT2D eigenvalue weighted by molar-refractivity contribution is 5.93. The summed E-state index contributed by atoms with van der Waals surface area (Å²) in [6.45, 7) is 0.994. The first kappa shape index (κ1) is 26.1. The highest BCUT2D eigenvalue weighted by Crippen LogP contribution is 2.35. The summed E-state index contributed by atoms with van der Waals surface area (Å²) in [5, 5.41) is 0. The van der Waals surface area contributed by atoms with E-state index in [0.29, 0.717) is 47.8 Å². The van der Waals surface area contributed by atoms with Crippen LogP contribution in [0.5, 0.6) is 17.2 Å². The van der Waals surface area contributed by atoms with Gasteiger partial charge in [0.05, 0.1) is 26.3 Å². The first-order valence-electron chi connectivity index (χ1n) is 11.6. The number of halogens is 4. The van der Waals surface area contributed by atoms with Gasteiger partial charge < -0.3 is 19.1 Å². The molecule has 3 aromatic rings. The van der Waals surface area contributed by atoms with Gasteiger partial charge in [0.25, 0.3) is 0 Å². The molecule has 0 spiro atoms. The van der Waals surface area contributed by atoms with Crippen molar-refractivity contribution in [2.24, 2.45) is 0 Å². The maximum atomic E-state index is 13.8. The van der Waals surface area contributed by atoms with Gasteiger partial charge in [-0.2, -0.15) is 13.2 Å². The fourth-order valence-electron chi connectivity index (χ4n) is 4.19. The van der Waals surface area contributed by atoms with Crippen LogP contribution in [0.4, 0.5) is 28.0 Å². The van der Waals surface area contributed by atoms with Crippen molar-refractivity contribution in [2.75, 3.05) is 32.2 Å². The number of carbonyl (C=O) groups excluding carboxylic acids is 1. The highest BCUT2D eigenvalue weighted by atomic mass is 19.4. The average molecular weight is 519 g/mol. The number of nitrogens with zero attached hydrogens (tertiary/aromatic N) is 2. The van der Waals surface area contributed by atoms with Gasteiger partial charge in [0.1, 0.15) is 18.2 Å². The molecule has 6 nitrogen and oxygen atoms in total. The standard InChI is InChI=1S/C27H26F4N2O4/c1-35-23-9-7-21(28)14-19(23)16-32-11-4-12-33(26(32)34)22-8-10-24(36-2)25(15-22)37-17-18-5-3-6-20(13-18)27(29,30)31/h3,5-10,13-15H,4,11-12,16-17H2,1-2H3. The Morgan fingerprint density at radius 2 is 1.65 bits per heavy atom. The van der Waals surface area contributed by atoms with Gasteiger partial charge in [-0.15, -0.1) is 0 Å². The van der Waals surface area contributed by atoms with Gasteiger partial charge in [0.15, 0.2) is 11.5 Å². The van der Waals surface area contributed by atoms with Gasteiger partial charge in [-0.3, -0.25) is 4.90 Å². The second-order valence-corrected chi connectivity index (χ2v) is 8.49. The van der Waals surface area contributed by atoms with Crippen molar-refractivity contribution in [1.29, 1.82) is 0 Å². The predicted octanol–water partition coefficient (Wildman–Crippen LogP) is 6.27. The molecular weight excluding hydrogens is 492 g/mol. The SMILES string of the molecule is COc1ccc(F)cc1CN1CCCN(c2ccc(OC)c(OCc3cccc(C(F)(F)F)c3)c2)C1=O. The molecule has 196 valence electrons. The molecule has 1 aliphatic rings. The number of ether oxygens (including phenoxy) is 3. The Hall–Kier alpha value is -3.95. The molecule has 2 amide bonds. The van der Waals surface area contributed by atoms with Gasteiger partial charge in [0.2, 0.25) is 0 Å². The van der Waals surface area contributed by atoms with Crippen molar-refractivity contribution in [2.45, 2.75) is 25.7 Å². The molecule has 1 fully saturated rings. The van der Waals surface area contributed by atoms with E-state index in [-0.39, 0.29) is 24.9 Å². The molecule has 37 heavy (non-hydrogen) atoms. The maximum absolute atomic E-state index is 13.8. The summed E-state index contributed by atoms with van der Waals surface area (Å²) in [7, 11) is 2.94.